The summed E-state index contributed by atoms with van der Waals surface area (Å²) in [7, 11) is 0. The van der Waals surface area contributed by atoms with Crippen LogP contribution in [0.2, 0.25) is 0 Å². The van der Waals surface area contributed by atoms with Crippen molar-refractivity contribution in [3.8, 4) is 0 Å². The second-order valence-electron chi connectivity index (χ2n) is 11.6. The molecule has 11 heteroatoms. The third-order valence-corrected chi connectivity index (χ3v) is 6.31. The second kappa shape index (κ2) is 15.4. The van der Waals surface area contributed by atoms with E-state index in [-0.39, 0.29) is 37.2 Å². The van der Waals surface area contributed by atoms with Crippen LogP contribution in [0.4, 0.5) is 4.79 Å². The number of ether oxygens (including phenoxy) is 2. The predicted octanol–water partition coefficient (Wildman–Crippen LogP) is 2.23. The highest BCUT2D eigenvalue weighted by molar-refractivity contribution is 5.92. The first-order valence-electron chi connectivity index (χ1n) is 13.8. The molecule has 40 heavy (non-hydrogen) atoms. The molecule has 1 aromatic carbocycles. The molecule has 1 aliphatic heterocycles. The molecule has 0 radical (unpaired) electrons. The Bertz CT molecular complexity index is 1010. The maximum absolute atomic E-state index is 13.5. The minimum absolute atomic E-state index is 0.0139. The molecular weight excluding hydrogens is 516 g/mol. The fourth-order valence-corrected chi connectivity index (χ4v) is 4.49. The SMILES string of the molecule is CC(C)C[C@H](NC(=O)C(NC(=O)OCc1ccccc1)C(C)OC(C)(C)C)C(=O)N[C@H](C=O)C[C@@H]1CCNC1=O. The molecule has 4 amide bonds. The third-order valence-electron chi connectivity index (χ3n) is 6.31. The lowest BCUT2D eigenvalue weighted by molar-refractivity contribution is -0.136. The second-order valence-corrected chi connectivity index (χ2v) is 11.6. The smallest absolute Gasteiger partial charge is 0.408 e. The fourth-order valence-electron chi connectivity index (χ4n) is 4.49. The van der Waals surface area contributed by atoms with Crippen LogP contribution < -0.4 is 21.3 Å². The number of carbonyl (C=O) groups excluding carboxylic acids is 5. The molecule has 1 aliphatic rings. The van der Waals surface area contributed by atoms with Crippen molar-refractivity contribution < 1.29 is 33.4 Å². The van der Waals surface area contributed by atoms with Crippen LogP contribution in [-0.2, 0) is 35.3 Å². The Morgan fingerprint density at radius 3 is 2.27 bits per heavy atom. The molecule has 0 aromatic heterocycles. The minimum Gasteiger partial charge on any atom is -0.445 e. The van der Waals surface area contributed by atoms with Gasteiger partial charge in [0.15, 0.2) is 0 Å². The van der Waals surface area contributed by atoms with Crippen LogP contribution in [0.3, 0.4) is 0 Å². The maximum Gasteiger partial charge on any atom is 0.408 e. The molecule has 1 heterocycles. The topological polar surface area (TPSA) is 152 Å². The van der Waals surface area contributed by atoms with Gasteiger partial charge in [-0.2, -0.15) is 0 Å². The molecule has 4 N–H and O–H groups in total. The van der Waals surface area contributed by atoms with Crippen LogP contribution >= 0.6 is 0 Å². The van der Waals surface area contributed by atoms with E-state index in [1.54, 1.807) is 6.92 Å². The predicted molar refractivity (Wildman–Crippen MR) is 149 cm³/mol. The van der Waals surface area contributed by atoms with Crippen LogP contribution in [0.1, 0.15) is 66.4 Å². The summed E-state index contributed by atoms with van der Waals surface area (Å²) in [5, 5.41) is 10.7. The zero-order valence-electron chi connectivity index (χ0n) is 24.3. The number of hydrogen-bond acceptors (Lipinski definition) is 7. The molecule has 1 saturated heterocycles. The summed E-state index contributed by atoms with van der Waals surface area (Å²) in [5.74, 6) is -1.66. The van der Waals surface area contributed by atoms with Crippen molar-refractivity contribution in [2.24, 2.45) is 11.8 Å². The summed E-state index contributed by atoms with van der Waals surface area (Å²) in [5.41, 5.74) is 0.164. The van der Waals surface area contributed by atoms with Gasteiger partial charge in [0.25, 0.3) is 0 Å². The number of carbonyl (C=O) groups is 5. The van der Waals surface area contributed by atoms with Crippen LogP contribution in [-0.4, -0.2) is 66.5 Å². The van der Waals surface area contributed by atoms with Gasteiger partial charge in [-0.3, -0.25) is 14.4 Å². The highest BCUT2D eigenvalue weighted by atomic mass is 16.6. The number of alkyl carbamates (subject to hydrolysis) is 1. The summed E-state index contributed by atoms with van der Waals surface area (Å²) in [6.45, 7) is 11.5. The molecule has 0 aliphatic carbocycles. The summed E-state index contributed by atoms with van der Waals surface area (Å²) >= 11 is 0. The maximum atomic E-state index is 13.5. The first kappa shape index (κ1) is 32.7. The fraction of sp³-hybridized carbons (Fsp3) is 0.621. The zero-order valence-corrected chi connectivity index (χ0v) is 24.3. The monoisotopic (exact) mass is 560 g/mol. The third kappa shape index (κ3) is 11.3. The van der Waals surface area contributed by atoms with E-state index in [1.165, 1.54) is 0 Å². The zero-order chi connectivity index (χ0) is 29.9. The van der Waals surface area contributed by atoms with Gasteiger partial charge in [-0.25, -0.2) is 4.79 Å². The Labute approximate surface area is 236 Å². The van der Waals surface area contributed by atoms with E-state index in [4.69, 9.17) is 9.47 Å². The summed E-state index contributed by atoms with van der Waals surface area (Å²) in [4.78, 5) is 63.0. The van der Waals surface area contributed by atoms with Crippen LogP contribution in [0, 0.1) is 11.8 Å². The molecule has 0 spiro atoms. The summed E-state index contributed by atoms with van der Waals surface area (Å²) in [6, 6.07) is 6.08. The molecule has 1 aromatic rings. The van der Waals surface area contributed by atoms with Crippen molar-refractivity contribution in [1.82, 2.24) is 21.3 Å². The van der Waals surface area contributed by atoms with Crippen molar-refractivity contribution in [1.29, 1.82) is 0 Å². The number of aldehydes is 1. The standard InChI is InChI=1S/C29H44N4O7/c1-18(2)14-23(26(36)31-22(16-34)15-21-12-13-30-25(21)35)32-27(37)24(19(3)40-29(4,5)6)33-28(38)39-17-20-10-8-7-9-11-20/h7-11,16,18-19,21-24H,12-15,17H2,1-6H3,(H,30,35)(H,31,36)(H,32,37)(H,33,38)/t19?,21-,22-,23-,24?/m0/s1. The number of rotatable bonds is 14. The van der Waals surface area contributed by atoms with E-state index in [9.17, 15) is 24.0 Å². The quantitative estimate of drug-likeness (QED) is 0.255. The van der Waals surface area contributed by atoms with Crippen LogP contribution in [0.25, 0.3) is 0 Å². The van der Waals surface area contributed by atoms with E-state index < -0.39 is 47.7 Å². The largest absolute Gasteiger partial charge is 0.445 e. The normalized spacial score (nSPS) is 18.2. The summed E-state index contributed by atoms with van der Waals surface area (Å²) < 4.78 is 11.3. The number of amides is 4. The van der Waals surface area contributed by atoms with Crippen molar-refractivity contribution in [3.63, 3.8) is 0 Å². The van der Waals surface area contributed by atoms with Crippen molar-refractivity contribution >= 4 is 30.1 Å². The van der Waals surface area contributed by atoms with Gasteiger partial charge in [0.05, 0.1) is 17.7 Å². The Kier molecular flexibility index (Phi) is 12.6. The van der Waals surface area contributed by atoms with E-state index in [0.29, 0.717) is 19.3 Å². The van der Waals surface area contributed by atoms with Crippen molar-refractivity contribution in [2.75, 3.05) is 6.54 Å². The highest BCUT2D eigenvalue weighted by Crippen LogP contribution is 2.17. The van der Waals surface area contributed by atoms with Gasteiger partial charge in [-0.05, 0) is 58.4 Å². The average Bonchev–Trinajstić information content (AvgIpc) is 3.28. The van der Waals surface area contributed by atoms with Crippen molar-refractivity contribution in [3.05, 3.63) is 35.9 Å². The minimum atomic E-state index is -1.17. The molecule has 2 unspecified atom stereocenters. The molecule has 0 saturated carbocycles. The van der Waals surface area contributed by atoms with Gasteiger partial charge in [-0.15, -0.1) is 0 Å². The molecule has 5 atom stereocenters. The first-order chi connectivity index (χ1) is 18.8. The average molecular weight is 561 g/mol. The van der Waals surface area contributed by atoms with Gasteiger partial charge in [0.1, 0.15) is 25.0 Å². The molecule has 2 rings (SSSR count). The Hall–Kier alpha value is -3.47. The van der Waals surface area contributed by atoms with E-state index in [2.05, 4.69) is 21.3 Å². The van der Waals surface area contributed by atoms with E-state index >= 15 is 0 Å². The lowest BCUT2D eigenvalue weighted by Crippen LogP contribution is -2.59. The Morgan fingerprint density at radius 2 is 1.73 bits per heavy atom. The van der Waals surface area contributed by atoms with Crippen LogP contribution in [0.15, 0.2) is 30.3 Å². The highest BCUT2D eigenvalue weighted by Gasteiger charge is 2.35. The Balaban J connectivity index is 2.13. The molecule has 11 nitrogen and oxygen atoms in total. The van der Waals surface area contributed by atoms with Gasteiger partial charge in [0, 0.05) is 12.5 Å². The van der Waals surface area contributed by atoms with Gasteiger partial charge in [0.2, 0.25) is 17.7 Å². The van der Waals surface area contributed by atoms with Crippen LogP contribution in [0.5, 0.6) is 0 Å². The van der Waals surface area contributed by atoms with E-state index in [1.807, 2.05) is 65.0 Å². The first-order valence-corrected chi connectivity index (χ1v) is 13.8. The lowest BCUT2D eigenvalue weighted by Gasteiger charge is -2.32. The molecule has 222 valence electrons. The number of benzene rings is 1. The van der Waals surface area contributed by atoms with Crippen molar-refractivity contribution in [2.45, 2.75) is 97.2 Å². The van der Waals surface area contributed by atoms with E-state index in [0.717, 1.165) is 5.56 Å². The van der Waals surface area contributed by atoms with Gasteiger partial charge in [-0.1, -0.05) is 44.2 Å². The molecular formula is C29H44N4O7. The number of nitrogens with one attached hydrogen (secondary N) is 4. The van der Waals surface area contributed by atoms with Gasteiger partial charge < -0.3 is 35.5 Å². The molecule has 0 bridgehead atoms. The lowest BCUT2D eigenvalue weighted by atomic mass is 9.97. The number of hydrogen-bond donors (Lipinski definition) is 4. The summed E-state index contributed by atoms with van der Waals surface area (Å²) in [6.07, 6.45) is 0.0726. The van der Waals surface area contributed by atoms with Gasteiger partial charge >= 0.3 is 6.09 Å². The Morgan fingerprint density at radius 1 is 1.05 bits per heavy atom. The molecule has 1 fully saturated rings.